The van der Waals surface area contributed by atoms with Gasteiger partial charge in [0.2, 0.25) is 0 Å². The van der Waals surface area contributed by atoms with E-state index in [1.807, 2.05) is 26.0 Å². The van der Waals surface area contributed by atoms with E-state index in [-0.39, 0.29) is 0 Å². The highest BCUT2D eigenvalue weighted by Gasteiger charge is 1.98. The van der Waals surface area contributed by atoms with Crippen LogP contribution < -0.4 is 10.6 Å². The van der Waals surface area contributed by atoms with E-state index >= 15 is 0 Å². The van der Waals surface area contributed by atoms with E-state index in [4.69, 9.17) is 16.6 Å². The second-order valence-electron chi connectivity index (χ2n) is 2.73. The molecular weight excluding hydrogens is 184 g/mol. The Morgan fingerprint density at radius 1 is 1.46 bits per heavy atom. The normalized spacial score (nSPS) is 9.69. The van der Waals surface area contributed by atoms with Crippen LogP contribution in [0.4, 0.5) is 0 Å². The van der Waals surface area contributed by atoms with Gasteiger partial charge in [0.1, 0.15) is 11.5 Å². The summed E-state index contributed by atoms with van der Waals surface area (Å²) in [6.45, 7) is 5.40. The van der Waals surface area contributed by atoms with Crippen LogP contribution in [0.5, 0.6) is 0 Å². The molecule has 13 heavy (non-hydrogen) atoms. The van der Waals surface area contributed by atoms with Crippen molar-refractivity contribution < 1.29 is 4.42 Å². The Hall–Kier alpha value is -1.03. The van der Waals surface area contributed by atoms with Crippen LogP contribution in [0, 0.1) is 6.92 Å². The van der Waals surface area contributed by atoms with Crippen molar-refractivity contribution in [3.63, 3.8) is 0 Å². The molecule has 1 rings (SSSR count). The Kier molecular flexibility index (Phi) is 3.76. The van der Waals surface area contributed by atoms with Gasteiger partial charge in [-0.15, -0.1) is 0 Å². The van der Waals surface area contributed by atoms with Gasteiger partial charge in [-0.3, -0.25) is 0 Å². The summed E-state index contributed by atoms with van der Waals surface area (Å²) < 4.78 is 5.36. The monoisotopic (exact) mass is 198 g/mol. The van der Waals surface area contributed by atoms with Crippen LogP contribution in [-0.4, -0.2) is 11.7 Å². The molecule has 0 aromatic carbocycles. The van der Waals surface area contributed by atoms with Crippen molar-refractivity contribution in [2.45, 2.75) is 20.4 Å². The van der Waals surface area contributed by atoms with E-state index in [2.05, 4.69) is 10.6 Å². The minimum absolute atomic E-state index is 0.639. The SMILES string of the molecule is CCNC(=S)NCc1ccc(C)o1. The van der Waals surface area contributed by atoms with Crippen LogP contribution in [0.25, 0.3) is 0 Å². The number of hydrogen-bond donors (Lipinski definition) is 2. The van der Waals surface area contributed by atoms with Gasteiger partial charge in [-0.1, -0.05) is 0 Å². The Labute approximate surface area is 83.5 Å². The largest absolute Gasteiger partial charge is 0.465 e. The van der Waals surface area contributed by atoms with Crippen molar-refractivity contribution >= 4 is 17.3 Å². The number of nitrogens with one attached hydrogen (secondary N) is 2. The van der Waals surface area contributed by atoms with Crippen LogP contribution in [0.15, 0.2) is 16.5 Å². The molecule has 1 aromatic rings. The standard InChI is InChI=1S/C9H14N2OS/c1-3-10-9(13)11-6-8-5-4-7(2)12-8/h4-5H,3,6H2,1-2H3,(H2,10,11,13). The lowest BCUT2D eigenvalue weighted by molar-refractivity contribution is 0.477. The van der Waals surface area contributed by atoms with Crippen molar-refractivity contribution in [1.29, 1.82) is 0 Å². The summed E-state index contributed by atoms with van der Waals surface area (Å²) in [7, 11) is 0. The van der Waals surface area contributed by atoms with Crippen LogP contribution in [-0.2, 0) is 6.54 Å². The molecule has 0 atom stereocenters. The summed E-state index contributed by atoms with van der Waals surface area (Å²) in [4.78, 5) is 0. The van der Waals surface area contributed by atoms with Gasteiger partial charge in [-0.25, -0.2) is 0 Å². The fourth-order valence-electron chi connectivity index (χ4n) is 0.971. The molecule has 0 radical (unpaired) electrons. The highest BCUT2D eigenvalue weighted by molar-refractivity contribution is 7.80. The maximum atomic E-state index is 5.36. The van der Waals surface area contributed by atoms with Gasteiger partial charge in [0.25, 0.3) is 0 Å². The fourth-order valence-corrected chi connectivity index (χ4v) is 1.19. The summed E-state index contributed by atoms with van der Waals surface area (Å²) in [5.41, 5.74) is 0. The van der Waals surface area contributed by atoms with Crippen LogP contribution >= 0.6 is 12.2 Å². The first-order valence-corrected chi connectivity index (χ1v) is 4.70. The summed E-state index contributed by atoms with van der Waals surface area (Å²) in [6.07, 6.45) is 0. The molecule has 0 aliphatic carbocycles. The van der Waals surface area contributed by atoms with Gasteiger partial charge in [0.05, 0.1) is 6.54 Å². The predicted octanol–water partition coefficient (Wildman–Crippen LogP) is 1.57. The van der Waals surface area contributed by atoms with Crippen LogP contribution in [0.3, 0.4) is 0 Å². The Balaban J connectivity index is 2.30. The molecule has 0 saturated heterocycles. The average molecular weight is 198 g/mol. The Morgan fingerprint density at radius 3 is 2.77 bits per heavy atom. The third kappa shape index (κ3) is 3.46. The summed E-state index contributed by atoms with van der Waals surface area (Å²) in [5.74, 6) is 1.82. The zero-order chi connectivity index (χ0) is 9.68. The second kappa shape index (κ2) is 4.87. The molecule has 0 aliphatic heterocycles. The maximum absolute atomic E-state index is 5.36. The van der Waals surface area contributed by atoms with Crippen LogP contribution in [0.2, 0.25) is 0 Å². The van der Waals surface area contributed by atoms with Gasteiger partial charge in [-0.2, -0.15) is 0 Å². The van der Waals surface area contributed by atoms with Gasteiger partial charge < -0.3 is 15.1 Å². The quantitative estimate of drug-likeness (QED) is 0.723. The smallest absolute Gasteiger partial charge is 0.166 e. The van der Waals surface area contributed by atoms with Crippen molar-refractivity contribution in [2.24, 2.45) is 0 Å². The Bertz CT molecular complexity index is 283. The van der Waals surface area contributed by atoms with Crippen molar-refractivity contribution in [1.82, 2.24) is 10.6 Å². The lowest BCUT2D eigenvalue weighted by Gasteiger charge is -2.06. The molecule has 0 unspecified atom stereocenters. The first-order valence-electron chi connectivity index (χ1n) is 4.29. The fraction of sp³-hybridized carbons (Fsp3) is 0.444. The van der Waals surface area contributed by atoms with E-state index in [1.54, 1.807) is 0 Å². The minimum atomic E-state index is 0.639. The molecule has 0 amide bonds. The first kappa shape index (κ1) is 10.1. The van der Waals surface area contributed by atoms with E-state index in [0.29, 0.717) is 11.7 Å². The van der Waals surface area contributed by atoms with Gasteiger partial charge in [0, 0.05) is 6.54 Å². The number of hydrogen-bond acceptors (Lipinski definition) is 2. The minimum Gasteiger partial charge on any atom is -0.465 e. The maximum Gasteiger partial charge on any atom is 0.166 e. The van der Waals surface area contributed by atoms with E-state index in [9.17, 15) is 0 Å². The Morgan fingerprint density at radius 2 is 2.23 bits per heavy atom. The highest BCUT2D eigenvalue weighted by Crippen LogP contribution is 2.04. The molecule has 2 N–H and O–H groups in total. The van der Waals surface area contributed by atoms with Gasteiger partial charge >= 0.3 is 0 Å². The first-order chi connectivity index (χ1) is 6.22. The molecule has 0 spiro atoms. The van der Waals surface area contributed by atoms with E-state index in [0.717, 1.165) is 18.1 Å². The molecular formula is C9H14N2OS. The predicted molar refractivity (Wildman–Crippen MR) is 56.6 cm³/mol. The average Bonchev–Trinajstić information content (AvgIpc) is 2.49. The molecule has 72 valence electrons. The van der Waals surface area contributed by atoms with Crippen molar-refractivity contribution in [3.05, 3.63) is 23.7 Å². The second-order valence-corrected chi connectivity index (χ2v) is 3.13. The highest BCUT2D eigenvalue weighted by atomic mass is 32.1. The third-order valence-corrected chi connectivity index (χ3v) is 1.85. The lowest BCUT2D eigenvalue weighted by Crippen LogP contribution is -2.34. The molecule has 4 heteroatoms. The van der Waals surface area contributed by atoms with E-state index < -0.39 is 0 Å². The van der Waals surface area contributed by atoms with Gasteiger partial charge in [0.15, 0.2) is 5.11 Å². The van der Waals surface area contributed by atoms with Gasteiger partial charge in [-0.05, 0) is 38.2 Å². The summed E-state index contributed by atoms with van der Waals surface area (Å²) >= 11 is 5.00. The molecule has 0 fully saturated rings. The number of furan rings is 1. The molecule has 3 nitrogen and oxygen atoms in total. The lowest BCUT2D eigenvalue weighted by atomic mass is 10.4. The number of aryl methyl sites for hydroxylation is 1. The molecule has 0 saturated carbocycles. The van der Waals surface area contributed by atoms with Crippen molar-refractivity contribution in [3.8, 4) is 0 Å². The molecule has 1 heterocycles. The third-order valence-electron chi connectivity index (χ3n) is 1.56. The summed E-state index contributed by atoms with van der Waals surface area (Å²) in [5, 5.41) is 6.70. The molecule has 1 aromatic heterocycles. The zero-order valence-corrected chi connectivity index (χ0v) is 8.70. The molecule has 0 aliphatic rings. The van der Waals surface area contributed by atoms with Crippen LogP contribution in [0.1, 0.15) is 18.4 Å². The topological polar surface area (TPSA) is 37.2 Å². The zero-order valence-electron chi connectivity index (χ0n) is 7.89. The number of rotatable bonds is 3. The summed E-state index contributed by atoms with van der Waals surface area (Å²) in [6, 6.07) is 3.88. The van der Waals surface area contributed by atoms with E-state index in [1.165, 1.54) is 0 Å². The number of thiocarbonyl (C=S) groups is 1. The molecule has 0 bridgehead atoms. The van der Waals surface area contributed by atoms with Crippen molar-refractivity contribution in [2.75, 3.05) is 6.54 Å².